The summed E-state index contributed by atoms with van der Waals surface area (Å²) in [5.41, 5.74) is 2.23. The van der Waals surface area contributed by atoms with Crippen molar-refractivity contribution < 1.29 is 14.6 Å². The number of aliphatic imine (C=N–C) groups is 1. The van der Waals surface area contributed by atoms with Gasteiger partial charge in [0.05, 0.1) is 25.9 Å². The van der Waals surface area contributed by atoms with Crippen LogP contribution < -0.4 is 15.4 Å². The van der Waals surface area contributed by atoms with Crippen LogP contribution in [0.1, 0.15) is 44.2 Å². The molecule has 0 radical (unpaired) electrons. The summed E-state index contributed by atoms with van der Waals surface area (Å²) < 4.78 is 11.4. The maximum absolute atomic E-state index is 10.1. The van der Waals surface area contributed by atoms with E-state index in [0.717, 1.165) is 30.9 Å². The van der Waals surface area contributed by atoms with E-state index in [4.69, 9.17) is 9.47 Å². The van der Waals surface area contributed by atoms with Gasteiger partial charge in [-0.25, -0.2) is 4.99 Å². The highest BCUT2D eigenvalue weighted by molar-refractivity contribution is 14.0. The third kappa shape index (κ3) is 9.93. The summed E-state index contributed by atoms with van der Waals surface area (Å²) in [6.45, 7) is 9.68. The third-order valence-electron chi connectivity index (χ3n) is 4.30. The van der Waals surface area contributed by atoms with Crippen molar-refractivity contribution in [3.8, 4) is 5.75 Å². The third-order valence-corrected chi connectivity index (χ3v) is 4.30. The second kappa shape index (κ2) is 14.0. The predicted molar refractivity (Wildman–Crippen MR) is 125 cm³/mol. The second-order valence-corrected chi connectivity index (χ2v) is 7.17. The van der Waals surface area contributed by atoms with E-state index in [2.05, 4.69) is 47.7 Å². The van der Waals surface area contributed by atoms with Crippen LogP contribution in [0.25, 0.3) is 0 Å². The van der Waals surface area contributed by atoms with Crippen molar-refractivity contribution in [2.24, 2.45) is 10.9 Å². The summed E-state index contributed by atoms with van der Waals surface area (Å²) in [6, 6.07) is 6.20. The molecule has 2 rings (SSSR count). The molecule has 0 amide bonds. The van der Waals surface area contributed by atoms with Gasteiger partial charge in [0.1, 0.15) is 5.75 Å². The van der Waals surface area contributed by atoms with E-state index >= 15 is 0 Å². The molecule has 1 saturated carbocycles. The van der Waals surface area contributed by atoms with Crippen LogP contribution in [0.5, 0.6) is 5.75 Å². The van der Waals surface area contributed by atoms with Crippen molar-refractivity contribution in [3.63, 3.8) is 0 Å². The van der Waals surface area contributed by atoms with Gasteiger partial charge in [0.15, 0.2) is 5.96 Å². The number of benzene rings is 1. The van der Waals surface area contributed by atoms with Crippen LogP contribution in [-0.4, -0.2) is 50.1 Å². The fourth-order valence-corrected chi connectivity index (χ4v) is 2.57. The van der Waals surface area contributed by atoms with E-state index < -0.39 is 6.10 Å². The van der Waals surface area contributed by atoms with E-state index in [1.807, 2.05) is 6.92 Å². The molecule has 0 aliphatic heterocycles. The standard InChI is InChI=1S/C21H35N3O3.HI/c1-4-10-27-20-11-16(3)6-9-18(20)12-23-21(22-5-2)24-13-19(25)15-26-14-17-7-8-17;/h6,9,11,17,19,25H,4-5,7-8,10,12-15H2,1-3H3,(H2,22,23,24);1H. The Balaban J connectivity index is 0.00000392. The average Bonchev–Trinajstić information content (AvgIpc) is 3.47. The number of aliphatic hydroxyl groups excluding tert-OH is 1. The fourth-order valence-electron chi connectivity index (χ4n) is 2.57. The van der Waals surface area contributed by atoms with Gasteiger partial charge in [-0.1, -0.05) is 19.1 Å². The molecule has 7 heteroatoms. The molecule has 0 heterocycles. The highest BCUT2D eigenvalue weighted by Crippen LogP contribution is 2.28. The van der Waals surface area contributed by atoms with E-state index in [1.54, 1.807) is 0 Å². The number of aliphatic hydroxyl groups is 1. The minimum absolute atomic E-state index is 0. The molecule has 1 fully saturated rings. The van der Waals surface area contributed by atoms with Gasteiger partial charge in [-0.15, -0.1) is 24.0 Å². The van der Waals surface area contributed by atoms with E-state index in [0.29, 0.717) is 38.2 Å². The van der Waals surface area contributed by atoms with Crippen molar-refractivity contribution in [1.82, 2.24) is 10.6 Å². The Morgan fingerprint density at radius 2 is 2.07 bits per heavy atom. The van der Waals surface area contributed by atoms with Crippen LogP contribution >= 0.6 is 24.0 Å². The Bertz CT molecular complexity index is 594. The Hall–Kier alpha value is -1.06. The lowest BCUT2D eigenvalue weighted by Crippen LogP contribution is -2.42. The zero-order valence-corrected chi connectivity index (χ0v) is 19.7. The van der Waals surface area contributed by atoms with Gasteiger partial charge < -0.3 is 25.2 Å². The topological polar surface area (TPSA) is 75.1 Å². The molecule has 0 aromatic heterocycles. The van der Waals surface area contributed by atoms with Crippen molar-refractivity contribution in [1.29, 1.82) is 0 Å². The number of halogens is 1. The molecular formula is C21H36IN3O3. The number of rotatable bonds is 12. The summed E-state index contributed by atoms with van der Waals surface area (Å²) >= 11 is 0. The lowest BCUT2D eigenvalue weighted by molar-refractivity contribution is 0.0345. The molecule has 0 bridgehead atoms. The van der Waals surface area contributed by atoms with Crippen LogP contribution in [0.2, 0.25) is 0 Å². The van der Waals surface area contributed by atoms with Gasteiger partial charge in [0.2, 0.25) is 0 Å². The van der Waals surface area contributed by atoms with Crippen molar-refractivity contribution in [2.45, 2.75) is 52.7 Å². The lowest BCUT2D eigenvalue weighted by Gasteiger charge is -2.16. The van der Waals surface area contributed by atoms with Gasteiger partial charge in [0.25, 0.3) is 0 Å². The number of hydrogen-bond acceptors (Lipinski definition) is 4. The highest BCUT2D eigenvalue weighted by atomic mass is 127. The van der Waals surface area contributed by atoms with Gasteiger partial charge in [-0.3, -0.25) is 0 Å². The van der Waals surface area contributed by atoms with Crippen molar-refractivity contribution >= 4 is 29.9 Å². The molecule has 1 aromatic carbocycles. The number of nitrogens with zero attached hydrogens (tertiary/aromatic N) is 1. The maximum Gasteiger partial charge on any atom is 0.191 e. The van der Waals surface area contributed by atoms with Crippen LogP contribution in [0, 0.1) is 12.8 Å². The van der Waals surface area contributed by atoms with Crippen LogP contribution in [0.3, 0.4) is 0 Å². The molecule has 0 spiro atoms. The molecular weight excluding hydrogens is 469 g/mol. The molecule has 6 nitrogen and oxygen atoms in total. The molecule has 1 aliphatic carbocycles. The minimum atomic E-state index is -0.546. The summed E-state index contributed by atoms with van der Waals surface area (Å²) in [6.07, 6.45) is 2.94. The zero-order valence-electron chi connectivity index (χ0n) is 17.4. The van der Waals surface area contributed by atoms with Gasteiger partial charge in [-0.2, -0.15) is 0 Å². The molecule has 1 aliphatic rings. The van der Waals surface area contributed by atoms with Crippen molar-refractivity contribution in [2.75, 3.05) is 32.9 Å². The van der Waals surface area contributed by atoms with Gasteiger partial charge in [-0.05, 0) is 50.7 Å². The quantitative estimate of drug-likeness (QED) is 0.231. The Morgan fingerprint density at radius 1 is 1.29 bits per heavy atom. The SMILES string of the molecule is CCCOc1cc(C)ccc1CN=C(NCC)NCC(O)COCC1CC1.I. The predicted octanol–water partition coefficient (Wildman–Crippen LogP) is 3.24. The van der Waals surface area contributed by atoms with E-state index in [9.17, 15) is 5.11 Å². The lowest BCUT2D eigenvalue weighted by atomic mass is 10.1. The van der Waals surface area contributed by atoms with Crippen molar-refractivity contribution in [3.05, 3.63) is 29.3 Å². The molecule has 1 aromatic rings. The maximum atomic E-state index is 10.1. The number of ether oxygens (including phenoxy) is 2. The largest absolute Gasteiger partial charge is 0.493 e. The Morgan fingerprint density at radius 3 is 2.75 bits per heavy atom. The molecule has 1 unspecified atom stereocenters. The molecule has 1 atom stereocenters. The first-order chi connectivity index (χ1) is 13.1. The van der Waals surface area contributed by atoms with Crippen LogP contribution in [0.15, 0.2) is 23.2 Å². The summed E-state index contributed by atoms with van der Waals surface area (Å²) in [4.78, 5) is 4.64. The molecule has 28 heavy (non-hydrogen) atoms. The van der Waals surface area contributed by atoms with Gasteiger partial charge in [0, 0.05) is 25.3 Å². The first kappa shape index (κ1) is 25.0. The fraction of sp³-hybridized carbons (Fsp3) is 0.667. The number of nitrogens with one attached hydrogen (secondary N) is 2. The smallest absolute Gasteiger partial charge is 0.191 e. The number of guanidine groups is 1. The van der Waals surface area contributed by atoms with Crippen LogP contribution in [0.4, 0.5) is 0 Å². The van der Waals surface area contributed by atoms with E-state index in [1.165, 1.54) is 18.4 Å². The molecule has 3 N–H and O–H groups in total. The minimum Gasteiger partial charge on any atom is -0.493 e. The average molecular weight is 505 g/mol. The second-order valence-electron chi connectivity index (χ2n) is 7.17. The van der Waals surface area contributed by atoms with E-state index in [-0.39, 0.29) is 24.0 Å². The molecule has 160 valence electrons. The van der Waals surface area contributed by atoms with Crippen LogP contribution in [-0.2, 0) is 11.3 Å². The monoisotopic (exact) mass is 505 g/mol. The van der Waals surface area contributed by atoms with Gasteiger partial charge >= 0.3 is 0 Å². The highest BCUT2D eigenvalue weighted by Gasteiger charge is 2.21. The summed E-state index contributed by atoms with van der Waals surface area (Å²) in [5.74, 6) is 2.29. The molecule has 0 saturated heterocycles. The Labute approximate surface area is 186 Å². The Kier molecular flexibility index (Phi) is 12.5. The first-order valence-corrected chi connectivity index (χ1v) is 10.1. The zero-order chi connectivity index (χ0) is 19.5. The first-order valence-electron chi connectivity index (χ1n) is 10.1. The normalized spacial score (nSPS) is 14.9. The number of aryl methyl sites for hydroxylation is 1. The summed E-state index contributed by atoms with van der Waals surface area (Å²) in [7, 11) is 0. The number of hydrogen-bond donors (Lipinski definition) is 3. The summed E-state index contributed by atoms with van der Waals surface area (Å²) in [5, 5.41) is 16.5.